The molecule has 0 spiro atoms. The van der Waals surface area contributed by atoms with Crippen LogP contribution in [-0.2, 0) is 6.42 Å². The largest absolute Gasteiger partial charge is 0.396 e. The molecular weight excluding hydrogens is 188 g/mol. The highest BCUT2D eigenvalue weighted by Gasteiger charge is 1.92. The minimum atomic E-state index is 0.199. The molecule has 0 atom stereocenters. The molecule has 0 bridgehead atoms. The molecule has 1 aromatic carbocycles. The second kappa shape index (κ2) is 7.21. The molecule has 2 nitrogen and oxygen atoms in total. The topological polar surface area (TPSA) is 40.5 Å². The standard InChI is InChI=1S/C13H18O2/c14-10-2-1-4-12-6-8-13(9-7-12)5-3-11-15/h1,4,6-9,14-15H,2-3,5,10-11H2. The third-order valence-electron chi connectivity index (χ3n) is 2.21. The predicted octanol–water partition coefficient (Wildman–Crippen LogP) is 2.01. The lowest BCUT2D eigenvalue weighted by atomic mass is 10.1. The van der Waals surface area contributed by atoms with Crippen molar-refractivity contribution in [1.82, 2.24) is 0 Å². The van der Waals surface area contributed by atoms with Crippen molar-refractivity contribution in [2.24, 2.45) is 0 Å². The Morgan fingerprint density at radius 2 is 1.73 bits per heavy atom. The van der Waals surface area contributed by atoms with Gasteiger partial charge >= 0.3 is 0 Å². The maximum Gasteiger partial charge on any atom is 0.0465 e. The van der Waals surface area contributed by atoms with Crippen LogP contribution < -0.4 is 0 Å². The van der Waals surface area contributed by atoms with Gasteiger partial charge < -0.3 is 10.2 Å². The van der Waals surface area contributed by atoms with Gasteiger partial charge in [-0.15, -0.1) is 0 Å². The number of aryl methyl sites for hydroxylation is 1. The minimum absolute atomic E-state index is 0.199. The lowest BCUT2D eigenvalue weighted by Crippen LogP contribution is -1.88. The van der Waals surface area contributed by atoms with Gasteiger partial charge in [-0.2, -0.15) is 0 Å². The van der Waals surface area contributed by atoms with Crippen LogP contribution in [0, 0.1) is 0 Å². The summed E-state index contributed by atoms with van der Waals surface area (Å²) < 4.78 is 0. The van der Waals surface area contributed by atoms with Crippen LogP contribution in [0.15, 0.2) is 30.3 Å². The molecule has 1 rings (SSSR count). The zero-order valence-electron chi connectivity index (χ0n) is 8.89. The van der Waals surface area contributed by atoms with Gasteiger partial charge in [0.1, 0.15) is 0 Å². The van der Waals surface area contributed by atoms with Crippen LogP contribution in [0.5, 0.6) is 0 Å². The Balaban J connectivity index is 2.48. The van der Waals surface area contributed by atoms with Gasteiger partial charge in [-0.1, -0.05) is 36.4 Å². The zero-order valence-corrected chi connectivity index (χ0v) is 8.89. The molecule has 0 aliphatic rings. The predicted molar refractivity (Wildman–Crippen MR) is 62.6 cm³/mol. The van der Waals surface area contributed by atoms with Crippen molar-refractivity contribution in [3.05, 3.63) is 41.5 Å². The number of hydrogen-bond acceptors (Lipinski definition) is 2. The van der Waals surface area contributed by atoms with Crippen molar-refractivity contribution in [2.45, 2.75) is 19.3 Å². The van der Waals surface area contributed by atoms with Gasteiger partial charge in [-0.3, -0.25) is 0 Å². The Bertz CT molecular complexity index is 288. The van der Waals surface area contributed by atoms with E-state index in [0.717, 1.165) is 18.4 Å². The summed E-state index contributed by atoms with van der Waals surface area (Å²) in [7, 11) is 0. The Morgan fingerprint density at radius 3 is 2.33 bits per heavy atom. The van der Waals surface area contributed by atoms with Crippen molar-refractivity contribution >= 4 is 6.08 Å². The summed E-state index contributed by atoms with van der Waals surface area (Å²) in [6, 6.07) is 8.27. The first-order chi connectivity index (χ1) is 7.36. The Labute approximate surface area is 90.9 Å². The highest BCUT2D eigenvalue weighted by Crippen LogP contribution is 2.08. The fourth-order valence-corrected chi connectivity index (χ4v) is 1.37. The average Bonchev–Trinajstić information content (AvgIpc) is 2.28. The van der Waals surface area contributed by atoms with Crippen molar-refractivity contribution in [1.29, 1.82) is 0 Å². The third-order valence-corrected chi connectivity index (χ3v) is 2.21. The molecule has 82 valence electrons. The van der Waals surface area contributed by atoms with E-state index in [2.05, 4.69) is 24.3 Å². The molecule has 0 heterocycles. The molecule has 1 aromatic rings. The molecule has 0 aliphatic carbocycles. The van der Waals surface area contributed by atoms with Crippen LogP contribution >= 0.6 is 0 Å². The minimum Gasteiger partial charge on any atom is -0.396 e. The summed E-state index contributed by atoms with van der Waals surface area (Å²) >= 11 is 0. The highest BCUT2D eigenvalue weighted by atomic mass is 16.3. The van der Waals surface area contributed by atoms with Crippen LogP contribution in [0.25, 0.3) is 6.08 Å². The number of aliphatic hydroxyl groups is 2. The van der Waals surface area contributed by atoms with E-state index in [9.17, 15) is 0 Å². The summed E-state index contributed by atoms with van der Waals surface area (Å²) in [5.74, 6) is 0. The lowest BCUT2D eigenvalue weighted by molar-refractivity contribution is 0.288. The van der Waals surface area contributed by atoms with Crippen molar-refractivity contribution in [2.75, 3.05) is 13.2 Å². The molecule has 0 fully saturated rings. The second-order valence-corrected chi connectivity index (χ2v) is 3.48. The van der Waals surface area contributed by atoms with Crippen LogP contribution in [0.1, 0.15) is 24.0 Å². The fraction of sp³-hybridized carbons (Fsp3) is 0.385. The third kappa shape index (κ3) is 4.77. The normalized spacial score (nSPS) is 11.1. The number of aliphatic hydroxyl groups excluding tert-OH is 2. The van der Waals surface area contributed by atoms with Crippen LogP contribution in [-0.4, -0.2) is 23.4 Å². The van der Waals surface area contributed by atoms with E-state index in [1.807, 2.05) is 12.2 Å². The average molecular weight is 206 g/mol. The van der Waals surface area contributed by atoms with Gasteiger partial charge in [0.15, 0.2) is 0 Å². The first-order valence-electron chi connectivity index (χ1n) is 5.34. The summed E-state index contributed by atoms with van der Waals surface area (Å²) in [6.07, 6.45) is 6.41. The van der Waals surface area contributed by atoms with E-state index in [1.165, 1.54) is 5.56 Å². The van der Waals surface area contributed by atoms with Gasteiger partial charge in [0.25, 0.3) is 0 Å². The number of rotatable bonds is 6. The number of hydrogen-bond donors (Lipinski definition) is 2. The van der Waals surface area contributed by atoms with Crippen LogP contribution in [0.3, 0.4) is 0 Å². The van der Waals surface area contributed by atoms with Gasteiger partial charge in [0, 0.05) is 13.2 Å². The molecule has 0 radical (unpaired) electrons. The van der Waals surface area contributed by atoms with E-state index in [0.29, 0.717) is 6.42 Å². The van der Waals surface area contributed by atoms with E-state index in [4.69, 9.17) is 10.2 Å². The van der Waals surface area contributed by atoms with Crippen LogP contribution in [0.4, 0.5) is 0 Å². The first kappa shape index (κ1) is 12.0. The maximum absolute atomic E-state index is 8.69. The van der Waals surface area contributed by atoms with Gasteiger partial charge in [-0.25, -0.2) is 0 Å². The summed E-state index contributed by atoms with van der Waals surface area (Å²) in [5.41, 5.74) is 2.40. The van der Waals surface area contributed by atoms with Crippen molar-refractivity contribution in [3.63, 3.8) is 0 Å². The molecule has 2 N–H and O–H groups in total. The molecule has 0 saturated carbocycles. The molecule has 0 aliphatic heterocycles. The van der Waals surface area contributed by atoms with Crippen molar-refractivity contribution < 1.29 is 10.2 Å². The Hall–Kier alpha value is -1.12. The molecule has 0 amide bonds. The van der Waals surface area contributed by atoms with Crippen LogP contribution in [0.2, 0.25) is 0 Å². The first-order valence-corrected chi connectivity index (χ1v) is 5.34. The Kier molecular flexibility index (Phi) is 5.74. The van der Waals surface area contributed by atoms with E-state index >= 15 is 0 Å². The molecule has 0 unspecified atom stereocenters. The van der Waals surface area contributed by atoms with E-state index in [-0.39, 0.29) is 13.2 Å². The summed E-state index contributed by atoms with van der Waals surface area (Å²) in [6.45, 7) is 0.448. The monoisotopic (exact) mass is 206 g/mol. The second-order valence-electron chi connectivity index (χ2n) is 3.48. The summed E-state index contributed by atoms with van der Waals surface area (Å²) in [5, 5.41) is 17.3. The van der Waals surface area contributed by atoms with E-state index in [1.54, 1.807) is 0 Å². The SMILES string of the molecule is OCCC=Cc1ccc(CCCO)cc1. The van der Waals surface area contributed by atoms with Gasteiger partial charge in [-0.05, 0) is 30.4 Å². The molecular formula is C13H18O2. The van der Waals surface area contributed by atoms with Gasteiger partial charge in [0.2, 0.25) is 0 Å². The smallest absolute Gasteiger partial charge is 0.0465 e. The quantitative estimate of drug-likeness (QED) is 0.747. The zero-order chi connectivity index (χ0) is 10.9. The van der Waals surface area contributed by atoms with E-state index < -0.39 is 0 Å². The summed E-state index contributed by atoms with van der Waals surface area (Å²) in [4.78, 5) is 0. The molecule has 0 aromatic heterocycles. The fourth-order valence-electron chi connectivity index (χ4n) is 1.37. The molecule has 2 heteroatoms. The molecule has 15 heavy (non-hydrogen) atoms. The molecule has 0 saturated heterocycles. The number of benzene rings is 1. The highest BCUT2D eigenvalue weighted by molar-refractivity contribution is 5.49. The Morgan fingerprint density at radius 1 is 1.00 bits per heavy atom. The maximum atomic E-state index is 8.69. The van der Waals surface area contributed by atoms with Gasteiger partial charge in [0.05, 0.1) is 0 Å². The lowest BCUT2D eigenvalue weighted by Gasteiger charge is -2.00. The van der Waals surface area contributed by atoms with Crippen molar-refractivity contribution in [3.8, 4) is 0 Å².